The second-order valence-corrected chi connectivity index (χ2v) is 5.12. The van der Waals surface area contributed by atoms with Crippen molar-refractivity contribution >= 4 is 27.9 Å². The van der Waals surface area contributed by atoms with Gasteiger partial charge in [-0.15, -0.1) is 0 Å². The van der Waals surface area contributed by atoms with Gasteiger partial charge < -0.3 is 5.32 Å². The summed E-state index contributed by atoms with van der Waals surface area (Å²) in [6, 6.07) is 21.9. The zero-order valence-corrected chi connectivity index (χ0v) is 11.3. The highest BCUT2D eigenvalue weighted by Gasteiger charge is 2.19. The van der Waals surface area contributed by atoms with Gasteiger partial charge in [0.1, 0.15) is 0 Å². The molecule has 3 aromatic rings. The van der Waals surface area contributed by atoms with Crippen LogP contribution < -0.4 is 5.32 Å². The highest BCUT2D eigenvalue weighted by molar-refractivity contribution is 6.22. The van der Waals surface area contributed by atoms with Crippen LogP contribution in [0.5, 0.6) is 0 Å². The highest BCUT2D eigenvalue weighted by atomic mass is 16.1. The molecule has 1 aliphatic rings. The first-order valence-corrected chi connectivity index (χ1v) is 6.93. The molecule has 100 valence electrons. The average molecular weight is 271 g/mol. The Kier molecular flexibility index (Phi) is 2.61. The second kappa shape index (κ2) is 4.60. The number of hydrogen-bond donors (Lipinski definition) is 1. The number of para-hydroxylation sites is 1. The van der Waals surface area contributed by atoms with Gasteiger partial charge in [-0.3, -0.25) is 4.79 Å². The zero-order chi connectivity index (χ0) is 14.2. The number of anilines is 1. The van der Waals surface area contributed by atoms with Crippen LogP contribution >= 0.6 is 0 Å². The van der Waals surface area contributed by atoms with Crippen molar-refractivity contribution < 1.29 is 4.79 Å². The molecular weight excluding hydrogens is 258 g/mol. The molecule has 21 heavy (non-hydrogen) atoms. The molecule has 0 saturated heterocycles. The summed E-state index contributed by atoms with van der Waals surface area (Å²) in [6.45, 7) is 0. The molecule has 2 heteroatoms. The van der Waals surface area contributed by atoms with Gasteiger partial charge in [0, 0.05) is 28.3 Å². The lowest BCUT2D eigenvalue weighted by molar-refractivity contribution is 0.104. The van der Waals surface area contributed by atoms with E-state index >= 15 is 0 Å². The summed E-state index contributed by atoms with van der Waals surface area (Å²) in [5, 5.41) is 5.48. The molecule has 0 bridgehead atoms. The summed E-state index contributed by atoms with van der Waals surface area (Å²) in [7, 11) is 0. The normalized spacial score (nSPS) is 13.1. The van der Waals surface area contributed by atoms with E-state index in [9.17, 15) is 4.79 Å². The van der Waals surface area contributed by atoms with Crippen LogP contribution in [-0.4, -0.2) is 5.78 Å². The first-order valence-electron chi connectivity index (χ1n) is 6.93. The van der Waals surface area contributed by atoms with E-state index in [0.717, 1.165) is 33.3 Å². The van der Waals surface area contributed by atoms with Crippen LogP contribution in [0.15, 0.2) is 72.8 Å². The van der Waals surface area contributed by atoms with E-state index in [2.05, 4.69) is 11.4 Å². The van der Waals surface area contributed by atoms with Gasteiger partial charge in [-0.1, -0.05) is 54.6 Å². The summed E-state index contributed by atoms with van der Waals surface area (Å²) in [4.78, 5) is 12.4. The molecule has 0 atom stereocenters. The third-order valence-corrected chi connectivity index (χ3v) is 3.79. The Morgan fingerprint density at radius 3 is 2.19 bits per heavy atom. The lowest BCUT2D eigenvalue weighted by Gasteiger charge is -2.19. The van der Waals surface area contributed by atoms with Gasteiger partial charge in [0.15, 0.2) is 5.78 Å². The van der Waals surface area contributed by atoms with E-state index in [4.69, 9.17) is 0 Å². The number of rotatable bonds is 2. The maximum Gasteiger partial charge on any atom is 0.188 e. The van der Waals surface area contributed by atoms with E-state index < -0.39 is 0 Å². The fourth-order valence-electron chi connectivity index (χ4n) is 2.84. The van der Waals surface area contributed by atoms with Crippen molar-refractivity contribution in [1.29, 1.82) is 0 Å². The van der Waals surface area contributed by atoms with E-state index in [0.29, 0.717) is 0 Å². The number of hydrogen-bond acceptors (Lipinski definition) is 2. The smallest absolute Gasteiger partial charge is 0.188 e. The van der Waals surface area contributed by atoms with E-state index in [1.165, 1.54) is 0 Å². The predicted octanol–water partition coefficient (Wildman–Crippen LogP) is 4.49. The van der Waals surface area contributed by atoms with E-state index in [-0.39, 0.29) is 5.78 Å². The fourth-order valence-corrected chi connectivity index (χ4v) is 2.84. The minimum absolute atomic E-state index is 0.0535. The van der Waals surface area contributed by atoms with Gasteiger partial charge in [-0.25, -0.2) is 0 Å². The first kappa shape index (κ1) is 11.9. The van der Waals surface area contributed by atoms with Gasteiger partial charge in [-0.05, 0) is 17.5 Å². The van der Waals surface area contributed by atoms with Crippen molar-refractivity contribution in [2.75, 3.05) is 5.32 Å². The largest absolute Gasteiger partial charge is 0.355 e. The molecule has 4 rings (SSSR count). The van der Waals surface area contributed by atoms with Gasteiger partial charge in [-0.2, -0.15) is 0 Å². The van der Waals surface area contributed by atoms with Gasteiger partial charge >= 0.3 is 0 Å². The number of nitrogens with one attached hydrogen (secondary N) is 1. The van der Waals surface area contributed by atoms with Gasteiger partial charge in [0.25, 0.3) is 0 Å². The monoisotopic (exact) mass is 271 g/mol. The minimum Gasteiger partial charge on any atom is -0.355 e. The van der Waals surface area contributed by atoms with Crippen LogP contribution in [0.25, 0.3) is 16.5 Å². The van der Waals surface area contributed by atoms with Crippen molar-refractivity contribution in [2.24, 2.45) is 0 Å². The zero-order valence-electron chi connectivity index (χ0n) is 11.3. The molecule has 0 radical (unpaired) electrons. The number of allylic oxidation sites excluding steroid dienone is 1. The molecule has 0 spiro atoms. The summed E-state index contributed by atoms with van der Waals surface area (Å²) in [5.41, 5.74) is 3.69. The predicted molar refractivity (Wildman–Crippen MR) is 86.3 cm³/mol. The highest BCUT2D eigenvalue weighted by Crippen LogP contribution is 2.33. The Labute approximate surface area is 122 Å². The number of carbonyl (C=O) groups is 1. The Hall–Kier alpha value is -2.87. The Balaban J connectivity index is 1.90. The molecule has 0 amide bonds. The standard InChI is InChI=1S/C19H13NO/c21-18-12-17(20-14-8-2-1-3-9-14)15-10-4-6-13-7-5-11-16(18)19(13)15/h1-12,20H. The van der Waals surface area contributed by atoms with Crippen molar-refractivity contribution in [3.63, 3.8) is 0 Å². The summed E-state index contributed by atoms with van der Waals surface area (Å²) >= 11 is 0. The molecule has 0 saturated carbocycles. The molecule has 0 aromatic heterocycles. The molecule has 0 fully saturated rings. The molecular formula is C19H13NO. The van der Waals surface area contributed by atoms with Crippen molar-refractivity contribution in [3.05, 3.63) is 83.9 Å². The molecule has 1 aliphatic carbocycles. The molecule has 1 N–H and O–H groups in total. The number of ketones is 1. The lowest BCUT2D eigenvalue weighted by atomic mass is 9.90. The first-order chi connectivity index (χ1) is 10.3. The third kappa shape index (κ3) is 1.93. The lowest BCUT2D eigenvalue weighted by Crippen LogP contribution is -2.10. The average Bonchev–Trinajstić information content (AvgIpc) is 2.53. The fraction of sp³-hybridized carbons (Fsp3) is 0. The number of carbonyl (C=O) groups excluding carboxylic acids is 1. The van der Waals surface area contributed by atoms with Crippen molar-refractivity contribution in [2.45, 2.75) is 0 Å². The Morgan fingerprint density at radius 2 is 1.43 bits per heavy atom. The van der Waals surface area contributed by atoms with Crippen LogP contribution in [0.4, 0.5) is 5.69 Å². The van der Waals surface area contributed by atoms with Crippen LogP contribution in [0.1, 0.15) is 15.9 Å². The van der Waals surface area contributed by atoms with Crippen LogP contribution in [0.3, 0.4) is 0 Å². The molecule has 2 nitrogen and oxygen atoms in total. The second-order valence-electron chi connectivity index (χ2n) is 5.12. The summed E-state index contributed by atoms with van der Waals surface area (Å²) in [6.07, 6.45) is 1.68. The quantitative estimate of drug-likeness (QED) is 0.744. The van der Waals surface area contributed by atoms with E-state index in [1.54, 1.807) is 6.08 Å². The summed E-state index contributed by atoms with van der Waals surface area (Å²) < 4.78 is 0. The maximum atomic E-state index is 12.4. The van der Waals surface area contributed by atoms with Crippen molar-refractivity contribution in [3.8, 4) is 0 Å². The topological polar surface area (TPSA) is 29.1 Å². The molecule has 0 heterocycles. The minimum atomic E-state index is 0.0535. The van der Waals surface area contributed by atoms with Crippen molar-refractivity contribution in [1.82, 2.24) is 0 Å². The Morgan fingerprint density at radius 1 is 0.714 bits per heavy atom. The Bertz CT molecular complexity index is 873. The van der Waals surface area contributed by atoms with Crippen LogP contribution in [0, 0.1) is 0 Å². The molecule has 3 aromatic carbocycles. The maximum absolute atomic E-state index is 12.4. The van der Waals surface area contributed by atoms with Gasteiger partial charge in [0.2, 0.25) is 0 Å². The van der Waals surface area contributed by atoms with Gasteiger partial charge in [0.05, 0.1) is 5.70 Å². The summed E-state index contributed by atoms with van der Waals surface area (Å²) in [5.74, 6) is 0.0535. The third-order valence-electron chi connectivity index (χ3n) is 3.79. The molecule has 0 unspecified atom stereocenters. The number of benzene rings is 3. The van der Waals surface area contributed by atoms with E-state index in [1.807, 2.05) is 60.7 Å². The van der Waals surface area contributed by atoms with Crippen LogP contribution in [0.2, 0.25) is 0 Å². The van der Waals surface area contributed by atoms with Crippen LogP contribution in [-0.2, 0) is 0 Å². The SMILES string of the molecule is O=C1C=C(Nc2ccccc2)c2cccc3cccc1c23. The molecule has 0 aliphatic heterocycles.